The van der Waals surface area contributed by atoms with Crippen LogP contribution in [-0.4, -0.2) is 11.2 Å². The number of hydrogen-bond acceptors (Lipinski definition) is 1. The highest BCUT2D eigenvalue weighted by Gasteiger charge is 2.70. The Kier molecular flexibility index (Phi) is 5.62. The molecule has 1 heteroatoms. The molecule has 5 rings (SSSR count). The predicted molar refractivity (Wildman–Crippen MR) is 140 cm³/mol. The highest BCUT2D eigenvalue weighted by Crippen LogP contribution is 2.77. The molecule has 0 saturated heterocycles. The summed E-state index contributed by atoms with van der Waals surface area (Å²) >= 11 is 0. The van der Waals surface area contributed by atoms with Gasteiger partial charge in [-0.05, 0) is 134 Å². The van der Waals surface area contributed by atoms with Gasteiger partial charge in [0.05, 0.1) is 6.10 Å². The Morgan fingerprint density at radius 2 is 1.55 bits per heavy atom. The summed E-state index contributed by atoms with van der Waals surface area (Å²) in [5.74, 6) is 4.01. The maximum atomic E-state index is 10.9. The largest absolute Gasteiger partial charge is 0.393 e. The van der Waals surface area contributed by atoms with Gasteiger partial charge in [0.2, 0.25) is 0 Å². The molecule has 188 valence electrons. The minimum absolute atomic E-state index is 0.0609. The molecule has 10 atom stereocenters. The van der Waals surface area contributed by atoms with Gasteiger partial charge >= 0.3 is 0 Å². The van der Waals surface area contributed by atoms with Crippen LogP contribution >= 0.6 is 0 Å². The summed E-state index contributed by atoms with van der Waals surface area (Å²) in [7, 11) is 0. The lowest BCUT2D eigenvalue weighted by Gasteiger charge is -2.73. The number of allylic oxidation sites excluding steroid dienone is 1. The monoisotopic (exact) mass is 454 g/mol. The number of aliphatic hydroxyl groups excluding tert-OH is 1. The molecule has 0 aliphatic heterocycles. The van der Waals surface area contributed by atoms with E-state index in [-0.39, 0.29) is 11.5 Å². The van der Waals surface area contributed by atoms with Crippen molar-refractivity contribution in [2.45, 2.75) is 132 Å². The van der Waals surface area contributed by atoms with E-state index in [0.717, 1.165) is 30.1 Å². The van der Waals surface area contributed by atoms with Crippen LogP contribution in [0.25, 0.3) is 0 Å². The molecule has 0 aromatic carbocycles. The maximum absolute atomic E-state index is 10.9. The highest BCUT2D eigenvalue weighted by molar-refractivity contribution is 5.21. The predicted octanol–water partition coefficient (Wildman–Crippen LogP) is 8.81. The number of rotatable bonds is 3. The third kappa shape index (κ3) is 2.99. The first-order valence-electron chi connectivity index (χ1n) is 14.7. The third-order valence-electron chi connectivity index (χ3n) is 14.0. The average Bonchev–Trinajstić information content (AvgIpc) is 3.12. The van der Waals surface area contributed by atoms with Gasteiger partial charge < -0.3 is 5.11 Å². The summed E-state index contributed by atoms with van der Waals surface area (Å²) in [4.78, 5) is 0. The number of aliphatic hydroxyl groups is 1. The van der Waals surface area contributed by atoms with Crippen molar-refractivity contribution in [2.24, 2.45) is 56.7 Å². The van der Waals surface area contributed by atoms with Crippen molar-refractivity contribution in [3.63, 3.8) is 0 Å². The molecule has 0 bridgehead atoms. The van der Waals surface area contributed by atoms with Crippen LogP contribution in [0.5, 0.6) is 0 Å². The number of fused-ring (bicyclic) bond motifs is 7. The Bertz CT molecular complexity index is 796. The van der Waals surface area contributed by atoms with E-state index in [0.29, 0.717) is 27.6 Å². The SMILES string of the molecule is C=C(C)C1CC[C@]2(CCC)CC[C@]3(C)C(CCC4[C@@]5(C)CC[C@H](O)C(C)(C)C5CC[C@]43C)C12. The normalized spacial score (nSPS) is 55.2. The van der Waals surface area contributed by atoms with E-state index in [2.05, 4.69) is 55.0 Å². The first-order valence-corrected chi connectivity index (χ1v) is 14.7. The van der Waals surface area contributed by atoms with Gasteiger partial charge in [0.15, 0.2) is 0 Å². The van der Waals surface area contributed by atoms with Crippen LogP contribution in [0.15, 0.2) is 12.2 Å². The van der Waals surface area contributed by atoms with Crippen LogP contribution in [0.2, 0.25) is 0 Å². The molecule has 0 heterocycles. The van der Waals surface area contributed by atoms with Crippen LogP contribution in [0.4, 0.5) is 0 Å². The standard InChI is InChI=1S/C32H54O/c1-9-15-32-18-12-22(21(2)3)27(32)23-10-11-25-29(6)16-14-26(33)28(4,5)24(29)13-17-31(25,8)30(23,7)19-20-32/h22-27,33H,2,9-20H2,1,3-8H3/t22?,23?,24?,25?,26-,27?,29-,30+,31+,32+/m0/s1. The summed E-state index contributed by atoms with van der Waals surface area (Å²) in [5.41, 5.74) is 3.44. The molecule has 5 aliphatic rings. The van der Waals surface area contributed by atoms with Gasteiger partial charge in [0, 0.05) is 0 Å². The van der Waals surface area contributed by atoms with E-state index < -0.39 is 0 Å². The van der Waals surface area contributed by atoms with Crippen LogP contribution in [0.3, 0.4) is 0 Å². The lowest BCUT2D eigenvalue weighted by Crippen LogP contribution is -2.66. The molecule has 1 N–H and O–H groups in total. The van der Waals surface area contributed by atoms with E-state index in [4.69, 9.17) is 0 Å². The molecule has 5 unspecified atom stereocenters. The molecule has 0 spiro atoms. The molecule has 0 aromatic rings. The Morgan fingerprint density at radius 1 is 0.818 bits per heavy atom. The van der Waals surface area contributed by atoms with Gasteiger partial charge in [-0.25, -0.2) is 0 Å². The lowest BCUT2D eigenvalue weighted by atomic mass is 9.32. The summed E-state index contributed by atoms with van der Waals surface area (Å²) in [6.45, 7) is 22.2. The van der Waals surface area contributed by atoms with Crippen molar-refractivity contribution in [2.75, 3.05) is 0 Å². The maximum Gasteiger partial charge on any atom is 0.0594 e. The second kappa shape index (κ2) is 7.60. The van der Waals surface area contributed by atoms with Gasteiger partial charge in [-0.2, -0.15) is 0 Å². The molecule has 0 amide bonds. The summed E-state index contributed by atoms with van der Waals surface area (Å²) in [6, 6.07) is 0. The molecule has 5 fully saturated rings. The van der Waals surface area contributed by atoms with Crippen molar-refractivity contribution in [3.8, 4) is 0 Å². The van der Waals surface area contributed by atoms with Gasteiger partial charge in [-0.15, -0.1) is 0 Å². The van der Waals surface area contributed by atoms with E-state index in [1.54, 1.807) is 0 Å². The fraction of sp³-hybridized carbons (Fsp3) is 0.938. The first-order chi connectivity index (χ1) is 15.4. The molecule has 0 aromatic heterocycles. The van der Waals surface area contributed by atoms with Crippen molar-refractivity contribution < 1.29 is 5.11 Å². The molecular formula is C32H54O. The molecule has 5 aliphatic carbocycles. The zero-order valence-electron chi connectivity index (χ0n) is 23.1. The van der Waals surface area contributed by atoms with Gasteiger partial charge in [0.25, 0.3) is 0 Å². The third-order valence-corrected chi connectivity index (χ3v) is 14.0. The van der Waals surface area contributed by atoms with Crippen LogP contribution in [0.1, 0.15) is 126 Å². The molecular weight excluding hydrogens is 400 g/mol. The fourth-order valence-electron chi connectivity index (χ4n) is 12.2. The van der Waals surface area contributed by atoms with E-state index in [1.807, 2.05) is 0 Å². The van der Waals surface area contributed by atoms with Gasteiger partial charge in [-0.1, -0.05) is 60.1 Å². The summed E-state index contributed by atoms with van der Waals surface area (Å²) in [6.07, 6.45) is 16.3. The van der Waals surface area contributed by atoms with Crippen molar-refractivity contribution in [1.29, 1.82) is 0 Å². The first kappa shape index (κ1) is 24.4. The van der Waals surface area contributed by atoms with Crippen molar-refractivity contribution >= 4 is 0 Å². The van der Waals surface area contributed by atoms with Crippen LogP contribution in [0, 0.1) is 56.7 Å². The lowest BCUT2D eigenvalue weighted by molar-refractivity contribution is -0.248. The smallest absolute Gasteiger partial charge is 0.0594 e. The minimum atomic E-state index is -0.119. The number of hydrogen-bond donors (Lipinski definition) is 1. The van der Waals surface area contributed by atoms with E-state index in [9.17, 15) is 5.11 Å². The fourth-order valence-corrected chi connectivity index (χ4v) is 12.2. The van der Waals surface area contributed by atoms with Crippen LogP contribution < -0.4 is 0 Å². The average molecular weight is 455 g/mol. The summed E-state index contributed by atoms with van der Waals surface area (Å²) in [5, 5.41) is 10.9. The Morgan fingerprint density at radius 3 is 2.21 bits per heavy atom. The zero-order valence-corrected chi connectivity index (χ0v) is 23.1. The molecule has 0 radical (unpaired) electrons. The quantitative estimate of drug-likeness (QED) is 0.422. The Hall–Kier alpha value is -0.300. The second-order valence-electron chi connectivity index (χ2n) is 15.2. The summed E-state index contributed by atoms with van der Waals surface area (Å²) < 4.78 is 0. The van der Waals surface area contributed by atoms with E-state index >= 15 is 0 Å². The van der Waals surface area contributed by atoms with E-state index in [1.165, 1.54) is 76.2 Å². The molecule has 1 nitrogen and oxygen atoms in total. The zero-order chi connectivity index (χ0) is 24.0. The topological polar surface area (TPSA) is 20.2 Å². The molecule has 5 saturated carbocycles. The van der Waals surface area contributed by atoms with Crippen molar-refractivity contribution in [3.05, 3.63) is 12.2 Å². The Labute approximate surface area is 205 Å². The second-order valence-corrected chi connectivity index (χ2v) is 15.2. The molecule has 33 heavy (non-hydrogen) atoms. The highest BCUT2D eigenvalue weighted by atomic mass is 16.3. The van der Waals surface area contributed by atoms with Gasteiger partial charge in [0.1, 0.15) is 0 Å². The van der Waals surface area contributed by atoms with Crippen molar-refractivity contribution in [1.82, 2.24) is 0 Å². The minimum Gasteiger partial charge on any atom is -0.393 e. The van der Waals surface area contributed by atoms with Crippen LogP contribution in [-0.2, 0) is 0 Å². The Balaban J connectivity index is 1.54. The van der Waals surface area contributed by atoms with Gasteiger partial charge in [-0.3, -0.25) is 0 Å².